The van der Waals surface area contributed by atoms with Gasteiger partial charge >= 0.3 is 0 Å². The van der Waals surface area contributed by atoms with Gasteiger partial charge in [-0.1, -0.05) is 11.2 Å². The molecule has 3 aromatic rings. The summed E-state index contributed by atoms with van der Waals surface area (Å²) in [5.74, 6) is 0.835. The summed E-state index contributed by atoms with van der Waals surface area (Å²) >= 11 is 0. The molecule has 3 heterocycles. The van der Waals surface area contributed by atoms with E-state index in [9.17, 15) is 0 Å². The van der Waals surface area contributed by atoms with E-state index in [4.69, 9.17) is 10.3 Å². The highest BCUT2D eigenvalue weighted by molar-refractivity contribution is 5.48. The molecular formula is C13H14N6O. The maximum atomic E-state index is 6.04. The van der Waals surface area contributed by atoms with E-state index in [-0.39, 0.29) is 6.04 Å². The smallest absolute Gasteiger partial charge is 0.244 e. The number of imidazole rings is 1. The number of nitrogens with zero attached hydrogens (tertiary/aromatic N) is 4. The largest absolute Gasteiger partial charge is 0.348 e. The molecule has 0 aliphatic heterocycles. The van der Waals surface area contributed by atoms with Gasteiger partial charge in [-0.2, -0.15) is 4.98 Å². The first-order valence-electron chi connectivity index (χ1n) is 6.23. The van der Waals surface area contributed by atoms with Gasteiger partial charge in [0.15, 0.2) is 0 Å². The second-order valence-electron chi connectivity index (χ2n) is 4.51. The minimum Gasteiger partial charge on any atom is -0.348 e. The van der Waals surface area contributed by atoms with Crippen molar-refractivity contribution in [1.82, 2.24) is 25.1 Å². The summed E-state index contributed by atoms with van der Waals surface area (Å²) in [6, 6.07) is 5.27. The molecule has 0 bridgehead atoms. The van der Waals surface area contributed by atoms with Crippen LogP contribution in [0.25, 0.3) is 11.5 Å². The zero-order valence-corrected chi connectivity index (χ0v) is 10.9. The summed E-state index contributed by atoms with van der Waals surface area (Å²) in [6.07, 6.45) is 3.89. The summed E-state index contributed by atoms with van der Waals surface area (Å²) in [4.78, 5) is 15.6. The van der Waals surface area contributed by atoms with Crippen LogP contribution in [0.3, 0.4) is 0 Å². The number of nitrogens with two attached hydrogens (primary N) is 1. The third-order valence-electron chi connectivity index (χ3n) is 2.87. The number of H-pyrrole nitrogens is 1. The number of hydrogen-bond donors (Lipinski definition) is 2. The van der Waals surface area contributed by atoms with Gasteiger partial charge in [-0.15, -0.1) is 0 Å². The van der Waals surface area contributed by atoms with Crippen molar-refractivity contribution in [1.29, 1.82) is 0 Å². The number of hydrogen-bond acceptors (Lipinski definition) is 6. The highest BCUT2D eigenvalue weighted by Crippen LogP contribution is 2.18. The molecule has 3 N–H and O–H groups in total. The van der Waals surface area contributed by atoms with E-state index in [1.807, 2.05) is 25.1 Å². The summed E-state index contributed by atoms with van der Waals surface area (Å²) in [6.45, 7) is 1.91. The molecule has 102 valence electrons. The van der Waals surface area contributed by atoms with Crippen LogP contribution in [-0.2, 0) is 6.42 Å². The third kappa shape index (κ3) is 2.57. The predicted molar refractivity (Wildman–Crippen MR) is 71.5 cm³/mol. The number of pyridine rings is 1. The average molecular weight is 270 g/mol. The lowest BCUT2D eigenvalue weighted by atomic mass is 10.2. The molecule has 0 spiro atoms. The highest BCUT2D eigenvalue weighted by Gasteiger charge is 2.17. The van der Waals surface area contributed by atoms with E-state index in [0.717, 1.165) is 11.4 Å². The molecule has 3 rings (SSSR count). The van der Waals surface area contributed by atoms with E-state index < -0.39 is 0 Å². The van der Waals surface area contributed by atoms with Crippen molar-refractivity contribution >= 4 is 0 Å². The Hall–Kier alpha value is -2.54. The SMILES string of the molecule is Cc1cccc(-c2noc([C@@H](N)Cc3cnc[nH]3)n2)n1. The minimum atomic E-state index is -0.374. The van der Waals surface area contributed by atoms with Crippen molar-refractivity contribution in [2.45, 2.75) is 19.4 Å². The number of rotatable bonds is 4. The lowest BCUT2D eigenvalue weighted by Crippen LogP contribution is -2.14. The van der Waals surface area contributed by atoms with Crippen LogP contribution in [0.4, 0.5) is 0 Å². The summed E-state index contributed by atoms with van der Waals surface area (Å²) in [5, 5.41) is 3.92. The molecule has 0 radical (unpaired) electrons. The Bertz CT molecular complexity index is 690. The van der Waals surface area contributed by atoms with Crippen LogP contribution in [0.2, 0.25) is 0 Å². The van der Waals surface area contributed by atoms with Crippen LogP contribution in [0.15, 0.2) is 35.2 Å². The molecule has 3 aromatic heterocycles. The Labute approximate surface area is 115 Å². The van der Waals surface area contributed by atoms with E-state index >= 15 is 0 Å². The van der Waals surface area contributed by atoms with Crippen molar-refractivity contribution in [2.75, 3.05) is 0 Å². The molecule has 0 amide bonds. The first-order chi connectivity index (χ1) is 9.72. The van der Waals surface area contributed by atoms with Crippen LogP contribution in [0, 0.1) is 6.92 Å². The molecule has 0 aliphatic rings. The van der Waals surface area contributed by atoms with Crippen LogP contribution in [-0.4, -0.2) is 25.1 Å². The van der Waals surface area contributed by atoms with Gasteiger partial charge in [0, 0.05) is 24.0 Å². The number of aryl methyl sites for hydroxylation is 1. The first-order valence-corrected chi connectivity index (χ1v) is 6.23. The monoisotopic (exact) mass is 270 g/mol. The van der Waals surface area contributed by atoms with Crippen molar-refractivity contribution in [3.05, 3.63) is 48.0 Å². The zero-order chi connectivity index (χ0) is 13.9. The Morgan fingerprint density at radius 1 is 1.35 bits per heavy atom. The fourth-order valence-electron chi connectivity index (χ4n) is 1.88. The third-order valence-corrected chi connectivity index (χ3v) is 2.87. The zero-order valence-electron chi connectivity index (χ0n) is 10.9. The topological polar surface area (TPSA) is 107 Å². The van der Waals surface area contributed by atoms with E-state index in [2.05, 4.69) is 25.1 Å². The Kier molecular flexibility index (Phi) is 3.26. The van der Waals surface area contributed by atoms with Crippen LogP contribution < -0.4 is 5.73 Å². The molecule has 0 aromatic carbocycles. The fraction of sp³-hybridized carbons (Fsp3) is 0.231. The number of aromatic nitrogens is 5. The molecule has 7 nitrogen and oxygen atoms in total. The van der Waals surface area contributed by atoms with Crippen molar-refractivity contribution in [3.8, 4) is 11.5 Å². The maximum absolute atomic E-state index is 6.04. The average Bonchev–Trinajstić information content (AvgIpc) is 3.09. The molecule has 0 fully saturated rings. The normalized spacial score (nSPS) is 12.5. The molecule has 7 heteroatoms. The number of aromatic amines is 1. The van der Waals surface area contributed by atoms with Gasteiger partial charge in [-0.05, 0) is 19.1 Å². The first kappa shape index (κ1) is 12.5. The molecule has 0 aliphatic carbocycles. The van der Waals surface area contributed by atoms with Gasteiger partial charge in [0.1, 0.15) is 5.69 Å². The number of nitrogens with one attached hydrogen (secondary N) is 1. The summed E-state index contributed by atoms with van der Waals surface area (Å²) in [5.41, 5.74) is 8.54. The molecular weight excluding hydrogens is 256 g/mol. The summed E-state index contributed by atoms with van der Waals surface area (Å²) in [7, 11) is 0. The van der Waals surface area contributed by atoms with Crippen molar-refractivity contribution in [3.63, 3.8) is 0 Å². The molecule has 0 saturated carbocycles. The molecule has 1 atom stereocenters. The predicted octanol–water partition coefficient (Wildman–Crippen LogP) is 1.41. The lowest BCUT2D eigenvalue weighted by molar-refractivity contribution is 0.354. The molecule has 0 unspecified atom stereocenters. The second-order valence-corrected chi connectivity index (χ2v) is 4.51. The second kappa shape index (κ2) is 5.22. The van der Waals surface area contributed by atoms with Crippen LogP contribution in [0.5, 0.6) is 0 Å². The Morgan fingerprint density at radius 2 is 2.25 bits per heavy atom. The van der Waals surface area contributed by atoms with Crippen molar-refractivity contribution < 1.29 is 4.52 Å². The van der Waals surface area contributed by atoms with Gasteiger partial charge < -0.3 is 15.2 Å². The van der Waals surface area contributed by atoms with Crippen molar-refractivity contribution in [2.24, 2.45) is 5.73 Å². The van der Waals surface area contributed by atoms with E-state index in [1.165, 1.54) is 0 Å². The quantitative estimate of drug-likeness (QED) is 0.742. The van der Waals surface area contributed by atoms with Gasteiger partial charge in [-0.25, -0.2) is 9.97 Å². The Balaban J connectivity index is 1.79. The van der Waals surface area contributed by atoms with Crippen LogP contribution in [0.1, 0.15) is 23.3 Å². The van der Waals surface area contributed by atoms with Gasteiger partial charge in [-0.3, -0.25) is 0 Å². The fourth-order valence-corrected chi connectivity index (χ4v) is 1.88. The summed E-state index contributed by atoms with van der Waals surface area (Å²) < 4.78 is 5.21. The standard InChI is InChI=1S/C13H14N6O/c1-8-3-2-4-11(17-8)12-18-13(20-19-12)10(14)5-9-6-15-7-16-9/h2-4,6-7,10H,5,14H2,1H3,(H,15,16)/t10-/m0/s1. The van der Waals surface area contributed by atoms with Gasteiger partial charge in [0.05, 0.1) is 12.4 Å². The molecule has 20 heavy (non-hydrogen) atoms. The molecule has 0 saturated heterocycles. The minimum absolute atomic E-state index is 0.374. The highest BCUT2D eigenvalue weighted by atomic mass is 16.5. The van der Waals surface area contributed by atoms with E-state index in [1.54, 1.807) is 12.5 Å². The van der Waals surface area contributed by atoms with Crippen LogP contribution >= 0.6 is 0 Å². The van der Waals surface area contributed by atoms with E-state index in [0.29, 0.717) is 23.8 Å². The lowest BCUT2D eigenvalue weighted by Gasteiger charge is -2.03. The maximum Gasteiger partial charge on any atom is 0.244 e. The Morgan fingerprint density at radius 3 is 3.00 bits per heavy atom. The van der Waals surface area contributed by atoms with Gasteiger partial charge in [0.2, 0.25) is 11.7 Å². The van der Waals surface area contributed by atoms with Gasteiger partial charge in [0.25, 0.3) is 0 Å².